The molecule has 1 aliphatic heterocycles. The molecule has 2 rings (SSSR count). The van der Waals surface area contributed by atoms with E-state index in [1.807, 2.05) is 0 Å². The van der Waals surface area contributed by atoms with Crippen LogP contribution in [0.25, 0.3) is 5.57 Å². The van der Waals surface area contributed by atoms with E-state index in [1.54, 1.807) is 19.1 Å². The Morgan fingerprint density at radius 1 is 1.39 bits per heavy atom. The van der Waals surface area contributed by atoms with Gasteiger partial charge in [-0.25, -0.2) is 4.39 Å². The zero-order chi connectivity index (χ0) is 16.8. The molecule has 23 heavy (non-hydrogen) atoms. The Balaban J connectivity index is 2.18. The molecule has 1 N–H and O–H groups in total. The van der Waals surface area contributed by atoms with Gasteiger partial charge in [-0.3, -0.25) is 9.59 Å². The quantitative estimate of drug-likeness (QED) is 0.845. The highest BCUT2D eigenvalue weighted by Crippen LogP contribution is 2.18. The van der Waals surface area contributed by atoms with E-state index in [1.165, 1.54) is 23.1 Å². The summed E-state index contributed by atoms with van der Waals surface area (Å²) in [6.45, 7) is 2.38. The SMILES string of the molecule is C/C(=C\C(=O)N(CC(=O)O)C1CCOCC1)c1cccc(F)c1. The fourth-order valence-electron chi connectivity index (χ4n) is 2.61. The fourth-order valence-corrected chi connectivity index (χ4v) is 2.61. The van der Waals surface area contributed by atoms with Crippen molar-refractivity contribution in [2.24, 2.45) is 0 Å². The summed E-state index contributed by atoms with van der Waals surface area (Å²) < 4.78 is 18.5. The van der Waals surface area contributed by atoms with Gasteiger partial charge in [0.25, 0.3) is 0 Å². The van der Waals surface area contributed by atoms with Gasteiger partial charge in [0.2, 0.25) is 5.91 Å². The van der Waals surface area contributed by atoms with Crippen molar-refractivity contribution in [3.63, 3.8) is 0 Å². The van der Waals surface area contributed by atoms with Crippen LogP contribution in [-0.2, 0) is 14.3 Å². The summed E-state index contributed by atoms with van der Waals surface area (Å²) in [6, 6.07) is 5.80. The number of carbonyl (C=O) groups excluding carboxylic acids is 1. The van der Waals surface area contributed by atoms with Crippen molar-refractivity contribution < 1.29 is 23.8 Å². The molecule has 1 heterocycles. The number of rotatable bonds is 5. The second kappa shape index (κ2) is 7.87. The summed E-state index contributed by atoms with van der Waals surface area (Å²) in [4.78, 5) is 24.9. The van der Waals surface area contributed by atoms with Gasteiger partial charge >= 0.3 is 5.97 Å². The topological polar surface area (TPSA) is 66.8 Å². The average Bonchev–Trinajstić information content (AvgIpc) is 2.53. The first kappa shape index (κ1) is 17.1. The van der Waals surface area contributed by atoms with Crippen molar-refractivity contribution in [2.75, 3.05) is 19.8 Å². The second-order valence-electron chi connectivity index (χ2n) is 5.54. The van der Waals surface area contributed by atoms with Crippen molar-refractivity contribution in [3.05, 3.63) is 41.7 Å². The standard InChI is InChI=1S/C17H20FNO4/c1-12(13-3-2-4-14(18)10-13)9-16(20)19(11-17(21)22)15-5-7-23-8-6-15/h2-4,9-10,15H,5-8,11H2,1H3,(H,21,22)/b12-9+. The summed E-state index contributed by atoms with van der Waals surface area (Å²) >= 11 is 0. The van der Waals surface area contributed by atoms with E-state index in [0.717, 1.165) is 0 Å². The van der Waals surface area contributed by atoms with Crippen LogP contribution in [0.3, 0.4) is 0 Å². The Morgan fingerprint density at radius 2 is 2.09 bits per heavy atom. The number of ether oxygens (including phenoxy) is 1. The fraction of sp³-hybridized carbons (Fsp3) is 0.412. The number of nitrogens with zero attached hydrogens (tertiary/aromatic N) is 1. The van der Waals surface area contributed by atoms with Gasteiger partial charge in [-0.15, -0.1) is 0 Å². The molecule has 1 aliphatic rings. The van der Waals surface area contributed by atoms with Crippen LogP contribution < -0.4 is 0 Å². The van der Waals surface area contributed by atoms with Gasteiger partial charge in [-0.1, -0.05) is 12.1 Å². The number of benzene rings is 1. The predicted molar refractivity (Wildman–Crippen MR) is 83.2 cm³/mol. The van der Waals surface area contributed by atoms with Crippen LogP contribution in [0.4, 0.5) is 4.39 Å². The molecule has 1 amide bonds. The molecular formula is C17H20FNO4. The second-order valence-corrected chi connectivity index (χ2v) is 5.54. The Kier molecular flexibility index (Phi) is 5.87. The summed E-state index contributed by atoms with van der Waals surface area (Å²) in [7, 11) is 0. The molecule has 5 nitrogen and oxygen atoms in total. The molecule has 1 saturated heterocycles. The molecule has 6 heteroatoms. The first-order valence-corrected chi connectivity index (χ1v) is 7.51. The molecule has 0 bridgehead atoms. The lowest BCUT2D eigenvalue weighted by atomic mass is 10.0. The molecule has 124 valence electrons. The Hall–Kier alpha value is -2.21. The van der Waals surface area contributed by atoms with Crippen LogP contribution in [0.5, 0.6) is 0 Å². The normalized spacial score (nSPS) is 16.2. The summed E-state index contributed by atoms with van der Waals surface area (Å²) in [5.74, 6) is -1.81. The van der Waals surface area contributed by atoms with Crippen LogP contribution in [0.2, 0.25) is 0 Å². The third kappa shape index (κ3) is 4.89. The molecule has 1 aromatic carbocycles. The Labute approximate surface area is 134 Å². The molecule has 1 fully saturated rings. The van der Waals surface area contributed by atoms with Gasteiger partial charge in [0, 0.05) is 25.3 Å². The smallest absolute Gasteiger partial charge is 0.323 e. The number of hydrogen-bond donors (Lipinski definition) is 1. The third-order valence-corrected chi connectivity index (χ3v) is 3.84. The van der Waals surface area contributed by atoms with Crippen LogP contribution >= 0.6 is 0 Å². The zero-order valence-electron chi connectivity index (χ0n) is 13.0. The van der Waals surface area contributed by atoms with Crippen LogP contribution in [0, 0.1) is 5.82 Å². The van der Waals surface area contributed by atoms with E-state index < -0.39 is 5.97 Å². The summed E-state index contributed by atoms with van der Waals surface area (Å²) in [6.07, 6.45) is 2.60. The first-order chi connectivity index (χ1) is 11.0. The first-order valence-electron chi connectivity index (χ1n) is 7.51. The highest BCUT2D eigenvalue weighted by molar-refractivity contribution is 5.96. The lowest BCUT2D eigenvalue weighted by Crippen LogP contribution is -2.45. The van der Waals surface area contributed by atoms with Crippen LogP contribution in [-0.4, -0.2) is 47.7 Å². The molecule has 0 aromatic heterocycles. The number of halogens is 1. The molecule has 0 atom stereocenters. The van der Waals surface area contributed by atoms with E-state index >= 15 is 0 Å². The van der Waals surface area contributed by atoms with Crippen LogP contribution in [0.1, 0.15) is 25.3 Å². The minimum atomic E-state index is -1.05. The monoisotopic (exact) mass is 321 g/mol. The van der Waals surface area contributed by atoms with E-state index in [9.17, 15) is 14.0 Å². The lowest BCUT2D eigenvalue weighted by molar-refractivity contribution is -0.145. The lowest BCUT2D eigenvalue weighted by Gasteiger charge is -2.32. The number of carbonyl (C=O) groups is 2. The van der Waals surface area contributed by atoms with Crippen molar-refractivity contribution in [2.45, 2.75) is 25.8 Å². The van der Waals surface area contributed by atoms with Gasteiger partial charge in [-0.05, 0) is 43.0 Å². The van der Waals surface area contributed by atoms with Crippen LogP contribution in [0.15, 0.2) is 30.3 Å². The van der Waals surface area contributed by atoms with E-state index in [2.05, 4.69) is 0 Å². The third-order valence-electron chi connectivity index (χ3n) is 3.84. The Morgan fingerprint density at radius 3 is 2.70 bits per heavy atom. The number of aliphatic carboxylic acids is 1. The minimum Gasteiger partial charge on any atom is -0.480 e. The highest BCUT2D eigenvalue weighted by atomic mass is 19.1. The maximum Gasteiger partial charge on any atom is 0.323 e. The molecule has 0 saturated carbocycles. The number of carboxylic acids is 1. The molecule has 0 spiro atoms. The van der Waals surface area contributed by atoms with Crippen molar-refractivity contribution in [1.82, 2.24) is 4.90 Å². The van der Waals surface area contributed by atoms with E-state index in [0.29, 0.717) is 37.2 Å². The molecule has 0 aliphatic carbocycles. The van der Waals surface area contributed by atoms with E-state index in [4.69, 9.17) is 9.84 Å². The highest BCUT2D eigenvalue weighted by Gasteiger charge is 2.26. The number of hydrogen-bond acceptors (Lipinski definition) is 3. The molecule has 0 unspecified atom stereocenters. The Bertz CT molecular complexity index is 608. The maximum atomic E-state index is 13.3. The van der Waals surface area contributed by atoms with Crippen molar-refractivity contribution >= 4 is 17.4 Å². The number of amides is 1. The van der Waals surface area contributed by atoms with Gasteiger partial charge < -0.3 is 14.7 Å². The molecular weight excluding hydrogens is 301 g/mol. The summed E-state index contributed by atoms with van der Waals surface area (Å²) in [5, 5.41) is 9.06. The van der Waals surface area contributed by atoms with E-state index in [-0.39, 0.29) is 24.3 Å². The minimum absolute atomic E-state index is 0.149. The number of allylic oxidation sites excluding steroid dienone is 1. The summed E-state index contributed by atoms with van der Waals surface area (Å²) in [5.41, 5.74) is 1.19. The van der Waals surface area contributed by atoms with Crippen molar-refractivity contribution in [3.8, 4) is 0 Å². The van der Waals surface area contributed by atoms with Gasteiger partial charge in [-0.2, -0.15) is 0 Å². The zero-order valence-corrected chi connectivity index (χ0v) is 13.0. The molecule has 0 radical (unpaired) electrons. The predicted octanol–water partition coefficient (Wildman–Crippen LogP) is 2.32. The number of carboxylic acid groups (broad SMARTS) is 1. The maximum absolute atomic E-state index is 13.3. The van der Waals surface area contributed by atoms with Gasteiger partial charge in [0.05, 0.1) is 0 Å². The molecule has 1 aromatic rings. The average molecular weight is 321 g/mol. The van der Waals surface area contributed by atoms with Gasteiger partial charge in [0.1, 0.15) is 12.4 Å². The largest absolute Gasteiger partial charge is 0.480 e. The van der Waals surface area contributed by atoms with Gasteiger partial charge in [0.15, 0.2) is 0 Å². The van der Waals surface area contributed by atoms with Crippen molar-refractivity contribution in [1.29, 1.82) is 0 Å².